The summed E-state index contributed by atoms with van der Waals surface area (Å²) in [6.45, 7) is 4.97. The molecule has 0 aliphatic carbocycles. The van der Waals surface area contributed by atoms with Gasteiger partial charge in [-0.25, -0.2) is 4.98 Å². The van der Waals surface area contributed by atoms with Crippen molar-refractivity contribution in [2.75, 3.05) is 44.2 Å². The third-order valence-electron chi connectivity index (χ3n) is 3.88. The molecule has 2 heterocycles. The number of aromatic nitrogens is 1. The molecule has 0 unspecified atom stereocenters. The van der Waals surface area contributed by atoms with Crippen LogP contribution in [0.1, 0.15) is 6.42 Å². The summed E-state index contributed by atoms with van der Waals surface area (Å²) < 4.78 is 5.65. The molecule has 2 aromatic rings. The topological polar surface area (TPSA) is 67.0 Å². The summed E-state index contributed by atoms with van der Waals surface area (Å²) in [7, 11) is 0. The van der Waals surface area contributed by atoms with E-state index >= 15 is 0 Å². The quantitative estimate of drug-likeness (QED) is 0.493. The van der Waals surface area contributed by atoms with Gasteiger partial charge in [-0.3, -0.25) is 4.99 Å². The third-order valence-corrected chi connectivity index (χ3v) is 4.71. The number of hydrogen-bond acceptors (Lipinski definition) is 5. The molecule has 1 aliphatic heterocycles. The Morgan fingerprint density at radius 3 is 2.71 bits per heavy atom. The fourth-order valence-electron chi connectivity index (χ4n) is 2.56. The normalized spacial score (nSPS) is 15.6. The molecule has 1 aliphatic rings. The van der Waals surface area contributed by atoms with Crippen molar-refractivity contribution in [1.82, 2.24) is 9.88 Å². The SMILES string of the molecule is NC(=NCCCOc1ccccc1)N1CCN(c2nccs2)CC1. The Morgan fingerprint density at radius 1 is 1.21 bits per heavy atom. The number of thiazole rings is 1. The van der Waals surface area contributed by atoms with Crippen LogP contribution in [0.15, 0.2) is 46.9 Å². The monoisotopic (exact) mass is 345 g/mol. The molecule has 0 radical (unpaired) electrons. The predicted octanol–water partition coefficient (Wildman–Crippen LogP) is 2.05. The summed E-state index contributed by atoms with van der Waals surface area (Å²) in [6, 6.07) is 9.83. The first-order valence-electron chi connectivity index (χ1n) is 8.20. The van der Waals surface area contributed by atoms with Crippen molar-refractivity contribution in [1.29, 1.82) is 0 Å². The molecule has 128 valence electrons. The fraction of sp³-hybridized carbons (Fsp3) is 0.412. The van der Waals surface area contributed by atoms with Gasteiger partial charge in [0.1, 0.15) is 5.75 Å². The van der Waals surface area contributed by atoms with Gasteiger partial charge in [-0.2, -0.15) is 0 Å². The summed E-state index contributed by atoms with van der Waals surface area (Å²) in [6.07, 6.45) is 2.70. The first-order chi connectivity index (χ1) is 11.8. The van der Waals surface area contributed by atoms with Crippen LogP contribution < -0.4 is 15.4 Å². The fourth-order valence-corrected chi connectivity index (χ4v) is 3.26. The maximum absolute atomic E-state index is 6.11. The second-order valence-corrected chi connectivity index (χ2v) is 6.42. The molecule has 6 nitrogen and oxygen atoms in total. The zero-order valence-corrected chi connectivity index (χ0v) is 14.5. The van der Waals surface area contributed by atoms with Crippen LogP contribution in [0.3, 0.4) is 0 Å². The van der Waals surface area contributed by atoms with Gasteiger partial charge in [-0.15, -0.1) is 11.3 Å². The molecule has 7 heteroatoms. The summed E-state index contributed by atoms with van der Waals surface area (Å²) in [5.41, 5.74) is 6.11. The first-order valence-corrected chi connectivity index (χ1v) is 9.08. The lowest BCUT2D eigenvalue weighted by Gasteiger charge is -2.35. The molecule has 24 heavy (non-hydrogen) atoms. The van der Waals surface area contributed by atoms with Crippen LogP contribution in [0.25, 0.3) is 0 Å². The predicted molar refractivity (Wildman–Crippen MR) is 98.9 cm³/mol. The minimum absolute atomic E-state index is 0.633. The number of para-hydroxylation sites is 1. The van der Waals surface area contributed by atoms with Crippen molar-refractivity contribution in [2.45, 2.75) is 6.42 Å². The standard InChI is InChI=1S/C17H23N5OS/c18-16(19-7-4-13-23-15-5-2-1-3-6-15)21-9-11-22(12-10-21)17-20-8-14-24-17/h1-3,5-6,8,14H,4,7,9-13H2,(H2,18,19). The Bertz CT molecular complexity index is 624. The molecule has 0 bridgehead atoms. The second kappa shape index (κ2) is 8.54. The number of nitrogens with zero attached hydrogens (tertiary/aromatic N) is 4. The van der Waals surface area contributed by atoms with Crippen LogP contribution in [0.4, 0.5) is 5.13 Å². The number of anilines is 1. The van der Waals surface area contributed by atoms with Gasteiger partial charge in [0.2, 0.25) is 0 Å². The molecule has 3 rings (SSSR count). The molecule has 1 saturated heterocycles. The first kappa shape index (κ1) is 16.6. The highest BCUT2D eigenvalue weighted by Crippen LogP contribution is 2.18. The highest BCUT2D eigenvalue weighted by Gasteiger charge is 2.19. The lowest BCUT2D eigenvalue weighted by atomic mass is 10.3. The van der Waals surface area contributed by atoms with Crippen LogP contribution in [0.5, 0.6) is 5.75 Å². The Morgan fingerprint density at radius 2 is 2.00 bits per heavy atom. The van der Waals surface area contributed by atoms with Crippen molar-refractivity contribution >= 4 is 22.4 Å². The van der Waals surface area contributed by atoms with E-state index in [0.717, 1.165) is 43.5 Å². The summed E-state index contributed by atoms with van der Waals surface area (Å²) in [4.78, 5) is 13.3. The van der Waals surface area contributed by atoms with Crippen molar-refractivity contribution in [3.63, 3.8) is 0 Å². The Labute approximate surface area is 146 Å². The molecular weight excluding hydrogens is 322 g/mol. The lowest BCUT2D eigenvalue weighted by Crippen LogP contribution is -2.51. The van der Waals surface area contributed by atoms with Gasteiger partial charge in [-0.1, -0.05) is 18.2 Å². The van der Waals surface area contributed by atoms with E-state index in [1.807, 2.05) is 41.9 Å². The molecule has 1 fully saturated rings. The molecule has 2 N–H and O–H groups in total. The second-order valence-electron chi connectivity index (χ2n) is 5.54. The minimum atomic E-state index is 0.633. The molecular formula is C17H23N5OS. The van der Waals surface area contributed by atoms with Gasteiger partial charge >= 0.3 is 0 Å². The zero-order chi connectivity index (χ0) is 16.6. The summed E-state index contributed by atoms with van der Waals surface area (Å²) in [5, 5.41) is 3.10. The van der Waals surface area contributed by atoms with E-state index in [-0.39, 0.29) is 0 Å². The van der Waals surface area contributed by atoms with Crippen molar-refractivity contribution < 1.29 is 4.74 Å². The van der Waals surface area contributed by atoms with Gasteiger partial charge < -0.3 is 20.3 Å². The van der Waals surface area contributed by atoms with E-state index in [4.69, 9.17) is 10.5 Å². The molecule has 0 saturated carbocycles. The van der Waals surface area contributed by atoms with Crippen molar-refractivity contribution in [2.24, 2.45) is 10.7 Å². The van der Waals surface area contributed by atoms with Crippen LogP contribution in [-0.2, 0) is 0 Å². The van der Waals surface area contributed by atoms with Crippen molar-refractivity contribution in [3.8, 4) is 5.75 Å². The Kier molecular flexibility index (Phi) is 5.90. The number of benzene rings is 1. The maximum atomic E-state index is 6.11. The number of nitrogens with two attached hydrogens (primary N) is 1. The molecule has 1 aromatic carbocycles. The van der Waals surface area contributed by atoms with Gasteiger partial charge in [0.05, 0.1) is 6.61 Å². The van der Waals surface area contributed by atoms with E-state index in [2.05, 4.69) is 19.8 Å². The van der Waals surface area contributed by atoms with E-state index in [1.165, 1.54) is 0 Å². The van der Waals surface area contributed by atoms with Gasteiger partial charge in [-0.05, 0) is 12.1 Å². The van der Waals surface area contributed by atoms with Gasteiger partial charge in [0.15, 0.2) is 11.1 Å². The molecule has 0 amide bonds. The van der Waals surface area contributed by atoms with Crippen LogP contribution in [-0.4, -0.2) is 55.2 Å². The third kappa shape index (κ3) is 4.61. The number of guanidine groups is 1. The average molecular weight is 345 g/mol. The highest BCUT2D eigenvalue weighted by atomic mass is 32.1. The molecule has 0 atom stereocenters. The smallest absolute Gasteiger partial charge is 0.191 e. The van der Waals surface area contributed by atoms with Crippen LogP contribution in [0.2, 0.25) is 0 Å². The van der Waals surface area contributed by atoms with E-state index in [1.54, 1.807) is 11.3 Å². The largest absolute Gasteiger partial charge is 0.494 e. The Balaban J connectivity index is 1.36. The van der Waals surface area contributed by atoms with E-state index < -0.39 is 0 Å². The lowest BCUT2D eigenvalue weighted by molar-refractivity contribution is 0.313. The number of piperazine rings is 1. The Hall–Kier alpha value is -2.28. The maximum Gasteiger partial charge on any atom is 0.191 e. The summed E-state index contributed by atoms with van der Waals surface area (Å²) >= 11 is 1.68. The molecule has 1 aromatic heterocycles. The van der Waals surface area contributed by atoms with Crippen LogP contribution >= 0.6 is 11.3 Å². The van der Waals surface area contributed by atoms with Crippen molar-refractivity contribution in [3.05, 3.63) is 41.9 Å². The van der Waals surface area contributed by atoms with Gasteiger partial charge in [0.25, 0.3) is 0 Å². The minimum Gasteiger partial charge on any atom is -0.494 e. The number of ether oxygens (including phenoxy) is 1. The number of aliphatic imine (C=N–C) groups is 1. The van der Waals surface area contributed by atoms with E-state index in [0.29, 0.717) is 19.1 Å². The van der Waals surface area contributed by atoms with Gasteiger partial charge in [0, 0.05) is 50.7 Å². The number of rotatable bonds is 6. The number of hydrogen-bond donors (Lipinski definition) is 1. The summed E-state index contributed by atoms with van der Waals surface area (Å²) in [5.74, 6) is 1.53. The average Bonchev–Trinajstić information content (AvgIpc) is 3.17. The van der Waals surface area contributed by atoms with E-state index in [9.17, 15) is 0 Å². The highest BCUT2D eigenvalue weighted by molar-refractivity contribution is 7.13. The molecule has 0 spiro atoms. The van der Waals surface area contributed by atoms with Crippen LogP contribution in [0, 0.1) is 0 Å². The zero-order valence-electron chi connectivity index (χ0n) is 13.7.